The van der Waals surface area contributed by atoms with E-state index in [4.69, 9.17) is 21.1 Å². The summed E-state index contributed by atoms with van der Waals surface area (Å²) in [4.78, 5) is 5.68. The van der Waals surface area contributed by atoms with Crippen LogP contribution in [0, 0.1) is 11.3 Å². The summed E-state index contributed by atoms with van der Waals surface area (Å²) in [5.41, 5.74) is 2.12. The molecule has 0 N–H and O–H groups in total. The van der Waals surface area contributed by atoms with Gasteiger partial charge in [0.05, 0.1) is 34.4 Å². The molecule has 27 heavy (non-hydrogen) atoms. The zero-order chi connectivity index (χ0) is 19.2. The fourth-order valence-corrected chi connectivity index (χ4v) is 4.28. The highest BCUT2D eigenvalue weighted by Gasteiger charge is 2.14. The van der Waals surface area contributed by atoms with E-state index in [1.54, 1.807) is 23.5 Å². The Morgan fingerprint density at radius 2 is 2.07 bits per heavy atom. The molecule has 3 rings (SSSR count). The molecule has 0 unspecified atom stereocenters. The van der Waals surface area contributed by atoms with Crippen molar-refractivity contribution in [2.24, 2.45) is 0 Å². The van der Waals surface area contributed by atoms with Gasteiger partial charge in [0.15, 0.2) is 11.5 Å². The van der Waals surface area contributed by atoms with Crippen molar-refractivity contribution in [1.82, 2.24) is 4.98 Å². The molecular weight excluding hydrogens is 400 g/mol. The summed E-state index contributed by atoms with van der Waals surface area (Å²) < 4.78 is 11.2. The Bertz CT molecular complexity index is 988. The number of nitrogens with zero attached hydrogens (tertiary/aromatic N) is 2. The number of rotatable bonds is 7. The number of hydrogen-bond donors (Lipinski definition) is 0. The second kappa shape index (κ2) is 9.05. The zero-order valence-electron chi connectivity index (χ0n) is 14.9. The van der Waals surface area contributed by atoms with Gasteiger partial charge in [-0.05, 0) is 49.1 Å². The van der Waals surface area contributed by atoms with Crippen molar-refractivity contribution in [3.05, 3.63) is 50.6 Å². The van der Waals surface area contributed by atoms with Crippen LogP contribution in [0.1, 0.15) is 24.4 Å². The number of benzene rings is 1. The number of aromatic nitrogens is 1. The van der Waals surface area contributed by atoms with E-state index in [1.165, 1.54) is 11.3 Å². The summed E-state index contributed by atoms with van der Waals surface area (Å²) in [7, 11) is 0. The first-order valence-electron chi connectivity index (χ1n) is 8.37. The molecule has 3 aromatic rings. The van der Waals surface area contributed by atoms with E-state index in [-0.39, 0.29) is 0 Å². The van der Waals surface area contributed by atoms with Crippen LogP contribution in [-0.4, -0.2) is 18.2 Å². The topological polar surface area (TPSA) is 55.1 Å². The Morgan fingerprint density at radius 3 is 2.74 bits per heavy atom. The smallest absolute Gasteiger partial charge is 0.179 e. The van der Waals surface area contributed by atoms with Crippen LogP contribution >= 0.6 is 34.3 Å². The molecule has 138 valence electrons. The van der Waals surface area contributed by atoms with Crippen molar-refractivity contribution >= 4 is 45.9 Å². The van der Waals surface area contributed by atoms with Crippen molar-refractivity contribution in [3.8, 4) is 28.1 Å². The number of nitriles is 1. The molecule has 0 amide bonds. The summed E-state index contributed by atoms with van der Waals surface area (Å²) in [5.74, 6) is 1.08. The zero-order valence-corrected chi connectivity index (χ0v) is 17.2. The number of allylic oxidation sites excluding steroid dienone is 1. The van der Waals surface area contributed by atoms with Gasteiger partial charge in [-0.1, -0.05) is 17.7 Å². The van der Waals surface area contributed by atoms with Gasteiger partial charge in [-0.3, -0.25) is 0 Å². The molecule has 7 heteroatoms. The van der Waals surface area contributed by atoms with E-state index in [0.29, 0.717) is 40.3 Å². The first-order valence-corrected chi connectivity index (χ1v) is 10.5. The Hall–Kier alpha value is -2.33. The minimum absolute atomic E-state index is 0.449. The maximum Gasteiger partial charge on any atom is 0.179 e. The highest BCUT2D eigenvalue weighted by molar-refractivity contribution is 7.14. The molecule has 0 spiro atoms. The first kappa shape index (κ1) is 19.4. The largest absolute Gasteiger partial charge is 0.490 e. The van der Waals surface area contributed by atoms with E-state index in [0.717, 1.165) is 16.1 Å². The monoisotopic (exact) mass is 416 g/mol. The van der Waals surface area contributed by atoms with Crippen LogP contribution in [0.25, 0.3) is 22.2 Å². The Balaban J connectivity index is 1.97. The molecule has 0 aliphatic heterocycles. The van der Waals surface area contributed by atoms with Crippen LogP contribution in [0.4, 0.5) is 0 Å². The third-order valence-electron chi connectivity index (χ3n) is 3.56. The lowest BCUT2D eigenvalue weighted by Gasteiger charge is -2.13. The number of thiazole rings is 1. The lowest BCUT2D eigenvalue weighted by molar-refractivity contribution is 0.288. The molecule has 0 saturated heterocycles. The van der Waals surface area contributed by atoms with Gasteiger partial charge in [-0.2, -0.15) is 5.26 Å². The molecule has 0 bridgehead atoms. The summed E-state index contributed by atoms with van der Waals surface area (Å²) >= 11 is 9.43. The minimum Gasteiger partial charge on any atom is -0.490 e. The van der Waals surface area contributed by atoms with E-state index < -0.39 is 0 Å². The number of ether oxygens (including phenoxy) is 2. The standard InChI is InChI=1S/C20H17ClN2O2S2/c1-3-24-17-10-13(9-15(21)19(17)25-4-2)8-14(11-22)20-23-16(12-27-20)18-6-5-7-26-18/h5-10,12H,3-4H2,1-2H3/b14-8-. The van der Waals surface area contributed by atoms with Gasteiger partial charge < -0.3 is 9.47 Å². The van der Waals surface area contributed by atoms with Gasteiger partial charge in [0.2, 0.25) is 0 Å². The summed E-state index contributed by atoms with van der Waals surface area (Å²) in [6.07, 6.45) is 1.77. The fourth-order valence-electron chi connectivity index (χ4n) is 2.46. The summed E-state index contributed by atoms with van der Waals surface area (Å²) in [6.45, 7) is 4.77. The normalized spacial score (nSPS) is 11.3. The van der Waals surface area contributed by atoms with Crippen LogP contribution in [0.5, 0.6) is 11.5 Å². The van der Waals surface area contributed by atoms with Crippen molar-refractivity contribution in [2.75, 3.05) is 13.2 Å². The molecule has 0 aliphatic carbocycles. The summed E-state index contributed by atoms with van der Waals surface area (Å²) in [5, 5.41) is 14.7. The highest BCUT2D eigenvalue weighted by Crippen LogP contribution is 2.38. The molecule has 1 aromatic carbocycles. The molecule has 0 radical (unpaired) electrons. The van der Waals surface area contributed by atoms with Crippen molar-refractivity contribution in [1.29, 1.82) is 5.26 Å². The molecule has 0 fully saturated rings. The average molecular weight is 417 g/mol. The second-order valence-electron chi connectivity index (χ2n) is 5.38. The quantitative estimate of drug-likeness (QED) is 0.419. The number of hydrogen-bond acceptors (Lipinski definition) is 6. The third kappa shape index (κ3) is 4.51. The van der Waals surface area contributed by atoms with Gasteiger partial charge in [0, 0.05) is 5.38 Å². The molecule has 4 nitrogen and oxygen atoms in total. The second-order valence-corrected chi connectivity index (χ2v) is 7.59. The maximum absolute atomic E-state index is 9.62. The van der Waals surface area contributed by atoms with Gasteiger partial charge in [-0.25, -0.2) is 4.98 Å². The van der Waals surface area contributed by atoms with Gasteiger partial charge >= 0.3 is 0 Å². The van der Waals surface area contributed by atoms with Crippen LogP contribution in [0.2, 0.25) is 5.02 Å². The number of halogens is 1. The fraction of sp³-hybridized carbons (Fsp3) is 0.200. The van der Waals surface area contributed by atoms with E-state index >= 15 is 0 Å². The third-order valence-corrected chi connectivity index (χ3v) is 5.61. The maximum atomic E-state index is 9.62. The Morgan fingerprint density at radius 1 is 1.26 bits per heavy atom. The van der Waals surface area contributed by atoms with E-state index in [9.17, 15) is 5.26 Å². The van der Waals surface area contributed by atoms with Gasteiger partial charge in [0.1, 0.15) is 11.1 Å². The SMILES string of the molecule is CCOc1cc(/C=C(/C#N)c2nc(-c3cccs3)cs2)cc(Cl)c1OCC. The summed E-state index contributed by atoms with van der Waals surface area (Å²) in [6, 6.07) is 9.82. The lowest BCUT2D eigenvalue weighted by atomic mass is 10.1. The highest BCUT2D eigenvalue weighted by atomic mass is 35.5. The predicted octanol–water partition coefficient (Wildman–Crippen LogP) is 6.39. The van der Waals surface area contributed by atoms with Crippen LogP contribution < -0.4 is 9.47 Å². The minimum atomic E-state index is 0.449. The Kier molecular flexibility index (Phi) is 6.51. The van der Waals surface area contributed by atoms with E-state index in [1.807, 2.05) is 42.8 Å². The molecule has 2 aromatic heterocycles. The van der Waals surface area contributed by atoms with Crippen molar-refractivity contribution < 1.29 is 9.47 Å². The average Bonchev–Trinajstić information content (AvgIpc) is 3.34. The van der Waals surface area contributed by atoms with Crippen LogP contribution in [0.3, 0.4) is 0 Å². The molecule has 0 atom stereocenters. The molecular formula is C20H17ClN2O2S2. The molecule has 0 aliphatic rings. The predicted molar refractivity (Wildman–Crippen MR) is 113 cm³/mol. The Labute approximate surface area is 171 Å². The van der Waals surface area contributed by atoms with Crippen LogP contribution in [-0.2, 0) is 0 Å². The van der Waals surface area contributed by atoms with E-state index in [2.05, 4.69) is 11.1 Å². The van der Waals surface area contributed by atoms with Crippen molar-refractivity contribution in [2.45, 2.75) is 13.8 Å². The van der Waals surface area contributed by atoms with Gasteiger partial charge in [0.25, 0.3) is 0 Å². The number of thiophene rings is 1. The molecule has 0 saturated carbocycles. The molecule has 2 heterocycles. The first-order chi connectivity index (χ1) is 13.2. The lowest BCUT2D eigenvalue weighted by Crippen LogP contribution is -1.99. The van der Waals surface area contributed by atoms with Gasteiger partial charge in [-0.15, -0.1) is 22.7 Å². The van der Waals surface area contributed by atoms with Crippen molar-refractivity contribution in [3.63, 3.8) is 0 Å². The van der Waals surface area contributed by atoms with Crippen LogP contribution in [0.15, 0.2) is 35.0 Å².